The summed E-state index contributed by atoms with van der Waals surface area (Å²) in [6.07, 6.45) is 1.11. The summed E-state index contributed by atoms with van der Waals surface area (Å²) >= 11 is 0. The summed E-state index contributed by atoms with van der Waals surface area (Å²) < 4.78 is 0. The Morgan fingerprint density at radius 1 is 1.27 bits per heavy atom. The van der Waals surface area contributed by atoms with Crippen LogP contribution in [0.5, 0.6) is 0 Å². The third kappa shape index (κ3) is 5.87. The number of halogens is 1. The molecule has 0 aliphatic heterocycles. The molecule has 70 valence electrons. The summed E-state index contributed by atoms with van der Waals surface area (Å²) in [6.45, 7) is 9.69. The molecule has 11 heavy (non-hydrogen) atoms. The van der Waals surface area contributed by atoms with E-state index in [0.29, 0.717) is 6.04 Å². The highest BCUT2D eigenvalue weighted by Gasteiger charge is 2.07. The van der Waals surface area contributed by atoms with Gasteiger partial charge in [0.2, 0.25) is 0 Å². The predicted molar refractivity (Wildman–Crippen MR) is 61.5 cm³/mol. The Morgan fingerprint density at radius 3 is 2.00 bits per heavy atom. The number of nitrogens with zero attached hydrogens (tertiary/aromatic N) is 1. The molecule has 3 heteroatoms. The van der Waals surface area contributed by atoms with Crippen molar-refractivity contribution in [1.29, 1.82) is 0 Å². The van der Waals surface area contributed by atoms with Gasteiger partial charge in [-0.3, -0.25) is 0 Å². The first kappa shape index (κ1) is 14.2. The first-order valence-electron chi connectivity index (χ1n) is 4.20. The van der Waals surface area contributed by atoms with Gasteiger partial charge >= 0.3 is 0 Å². The van der Waals surface area contributed by atoms with Gasteiger partial charge in [-0.2, -0.15) is 0 Å². The van der Waals surface area contributed by atoms with Gasteiger partial charge in [-0.15, -0.1) is 24.0 Å². The van der Waals surface area contributed by atoms with Crippen LogP contribution in [0.2, 0.25) is 0 Å². The highest BCUT2D eigenvalue weighted by atomic mass is 127. The highest BCUT2D eigenvalue weighted by Crippen LogP contribution is 2.00. The number of rotatable bonds is 5. The molecule has 0 heterocycles. The molecule has 2 N–H and O–H groups in total. The van der Waals surface area contributed by atoms with Crippen LogP contribution in [0.1, 0.15) is 27.2 Å². The lowest BCUT2D eigenvalue weighted by molar-refractivity contribution is 0.223. The van der Waals surface area contributed by atoms with Gasteiger partial charge in [0.25, 0.3) is 0 Å². The van der Waals surface area contributed by atoms with Gasteiger partial charge in [-0.25, -0.2) is 0 Å². The minimum Gasteiger partial charge on any atom is -0.330 e. The van der Waals surface area contributed by atoms with Gasteiger partial charge in [-0.1, -0.05) is 13.8 Å². The molecule has 0 amide bonds. The quantitative estimate of drug-likeness (QED) is 0.772. The van der Waals surface area contributed by atoms with E-state index in [0.717, 1.165) is 26.1 Å². The molecule has 0 saturated heterocycles. The van der Waals surface area contributed by atoms with Crippen LogP contribution < -0.4 is 5.73 Å². The lowest BCUT2D eigenvalue weighted by Gasteiger charge is -2.25. The largest absolute Gasteiger partial charge is 0.330 e. The zero-order valence-electron chi connectivity index (χ0n) is 7.84. The van der Waals surface area contributed by atoms with E-state index in [2.05, 4.69) is 25.7 Å². The Labute approximate surface area is 87.5 Å². The minimum absolute atomic E-state index is 0. The molecular formula is C8H21IN2. The summed E-state index contributed by atoms with van der Waals surface area (Å²) in [5.74, 6) is 0. The molecule has 0 aromatic heterocycles. The molecule has 1 unspecified atom stereocenters. The van der Waals surface area contributed by atoms with Crippen LogP contribution in [0.15, 0.2) is 0 Å². The lowest BCUT2D eigenvalue weighted by Crippen LogP contribution is -2.34. The molecular weight excluding hydrogens is 251 g/mol. The summed E-state index contributed by atoms with van der Waals surface area (Å²) in [7, 11) is 0. The van der Waals surface area contributed by atoms with Gasteiger partial charge in [0.05, 0.1) is 0 Å². The second kappa shape index (κ2) is 8.74. The standard InChI is InChI=1S/C8H20N2.HI/c1-4-10(5-2)8(3)6-7-9;/h8H,4-7,9H2,1-3H3;1H. The second-order valence-electron chi connectivity index (χ2n) is 2.65. The van der Waals surface area contributed by atoms with Crippen molar-refractivity contribution < 1.29 is 0 Å². The molecule has 0 spiro atoms. The van der Waals surface area contributed by atoms with Crippen LogP contribution in [0, 0.1) is 0 Å². The first-order valence-corrected chi connectivity index (χ1v) is 4.20. The van der Waals surface area contributed by atoms with Crippen molar-refractivity contribution in [3.8, 4) is 0 Å². The maximum absolute atomic E-state index is 5.45. The topological polar surface area (TPSA) is 29.3 Å². The fraction of sp³-hybridized carbons (Fsp3) is 1.00. The van der Waals surface area contributed by atoms with Gasteiger partial charge in [0, 0.05) is 6.04 Å². The van der Waals surface area contributed by atoms with E-state index >= 15 is 0 Å². The number of nitrogens with two attached hydrogens (primary N) is 1. The fourth-order valence-corrected chi connectivity index (χ4v) is 1.27. The van der Waals surface area contributed by atoms with Crippen LogP contribution in [-0.2, 0) is 0 Å². The Hall–Kier alpha value is 0.650. The maximum atomic E-state index is 5.45. The SMILES string of the molecule is CCN(CC)C(C)CCN.I. The van der Waals surface area contributed by atoms with E-state index < -0.39 is 0 Å². The zero-order chi connectivity index (χ0) is 7.98. The van der Waals surface area contributed by atoms with Crippen molar-refractivity contribution >= 4 is 24.0 Å². The van der Waals surface area contributed by atoms with Crippen molar-refractivity contribution in [2.75, 3.05) is 19.6 Å². The second-order valence-corrected chi connectivity index (χ2v) is 2.65. The summed E-state index contributed by atoms with van der Waals surface area (Å²) in [6, 6.07) is 0.653. The Bertz CT molecular complexity index is 74.5. The van der Waals surface area contributed by atoms with Crippen LogP contribution in [0.25, 0.3) is 0 Å². The predicted octanol–water partition coefficient (Wildman–Crippen LogP) is 1.68. The molecule has 0 aliphatic rings. The molecule has 0 aliphatic carbocycles. The molecule has 0 aromatic rings. The van der Waals surface area contributed by atoms with E-state index in [1.807, 2.05) is 0 Å². The average Bonchev–Trinajstić information content (AvgIpc) is 1.91. The van der Waals surface area contributed by atoms with Gasteiger partial charge < -0.3 is 10.6 Å². The van der Waals surface area contributed by atoms with Crippen LogP contribution in [0.4, 0.5) is 0 Å². The van der Waals surface area contributed by atoms with Crippen molar-refractivity contribution in [2.45, 2.75) is 33.2 Å². The monoisotopic (exact) mass is 272 g/mol. The Balaban J connectivity index is 0. The van der Waals surface area contributed by atoms with Crippen LogP contribution in [0.3, 0.4) is 0 Å². The van der Waals surface area contributed by atoms with Crippen molar-refractivity contribution in [3.05, 3.63) is 0 Å². The van der Waals surface area contributed by atoms with Crippen LogP contribution >= 0.6 is 24.0 Å². The molecule has 0 fully saturated rings. The van der Waals surface area contributed by atoms with E-state index in [1.54, 1.807) is 0 Å². The molecule has 0 bridgehead atoms. The van der Waals surface area contributed by atoms with Gasteiger partial charge in [-0.05, 0) is 33.0 Å². The molecule has 1 atom stereocenters. The molecule has 0 rings (SSSR count). The van der Waals surface area contributed by atoms with Crippen LogP contribution in [-0.4, -0.2) is 30.6 Å². The van der Waals surface area contributed by atoms with Crippen molar-refractivity contribution in [1.82, 2.24) is 4.90 Å². The fourth-order valence-electron chi connectivity index (χ4n) is 1.27. The molecule has 0 saturated carbocycles. The third-order valence-electron chi connectivity index (χ3n) is 2.02. The first-order chi connectivity index (χ1) is 4.76. The number of hydrogen-bond acceptors (Lipinski definition) is 2. The minimum atomic E-state index is 0. The zero-order valence-corrected chi connectivity index (χ0v) is 10.2. The maximum Gasteiger partial charge on any atom is 0.00786 e. The Kier molecular flexibility index (Phi) is 11.3. The summed E-state index contributed by atoms with van der Waals surface area (Å²) in [5, 5.41) is 0. The Morgan fingerprint density at radius 2 is 1.73 bits per heavy atom. The van der Waals surface area contributed by atoms with E-state index in [-0.39, 0.29) is 24.0 Å². The van der Waals surface area contributed by atoms with Gasteiger partial charge in [0.15, 0.2) is 0 Å². The smallest absolute Gasteiger partial charge is 0.00786 e. The molecule has 0 aromatic carbocycles. The van der Waals surface area contributed by atoms with Crippen molar-refractivity contribution in [2.24, 2.45) is 5.73 Å². The summed E-state index contributed by atoms with van der Waals surface area (Å²) in [5.41, 5.74) is 5.45. The summed E-state index contributed by atoms with van der Waals surface area (Å²) in [4.78, 5) is 2.42. The highest BCUT2D eigenvalue weighted by molar-refractivity contribution is 14.0. The van der Waals surface area contributed by atoms with E-state index in [1.165, 1.54) is 0 Å². The normalized spacial score (nSPS) is 12.8. The average molecular weight is 272 g/mol. The van der Waals surface area contributed by atoms with Crippen molar-refractivity contribution in [3.63, 3.8) is 0 Å². The van der Waals surface area contributed by atoms with E-state index in [4.69, 9.17) is 5.73 Å². The third-order valence-corrected chi connectivity index (χ3v) is 2.02. The molecule has 2 nitrogen and oxygen atoms in total. The number of hydrogen-bond donors (Lipinski definition) is 1. The molecule has 0 radical (unpaired) electrons. The van der Waals surface area contributed by atoms with E-state index in [9.17, 15) is 0 Å². The lowest BCUT2D eigenvalue weighted by atomic mass is 10.2. The van der Waals surface area contributed by atoms with Gasteiger partial charge in [0.1, 0.15) is 0 Å².